The number of hydrogen-bond acceptors (Lipinski definition) is 2. The maximum atomic E-state index is 5.75. The fourth-order valence-corrected chi connectivity index (χ4v) is 2.47. The van der Waals surface area contributed by atoms with Gasteiger partial charge in [-0.25, -0.2) is 0 Å². The smallest absolute Gasteiger partial charge is 0.0314 e. The minimum absolute atomic E-state index is 0.409. The first kappa shape index (κ1) is 12.4. The molecule has 2 rings (SSSR count). The van der Waals surface area contributed by atoms with Crippen LogP contribution in [0.2, 0.25) is 0 Å². The van der Waals surface area contributed by atoms with Crippen molar-refractivity contribution in [2.75, 3.05) is 19.3 Å². The summed E-state index contributed by atoms with van der Waals surface area (Å²) in [5.41, 5.74) is 8.48. The molecule has 1 aliphatic rings. The maximum absolute atomic E-state index is 5.75. The zero-order valence-electron chi connectivity index (χ0n) is 11.2. The van der Waals surface area contributed by atoms with E-state index in [-0.39, 0.29) is 0 Å². The van der Waals surface area contributed by atoms with E-state index >= 15 is 0 Å². The maximum Gasteiger partial charge on any atom is 0.0314 e. The Balaban J connectivity index is 2.07. The summed E-state index contributed by atoms with van der Waals surface area (Å²) in [6, 6.07) is 9.12. The number of hydrogen-bond donors (Lipinski definition) is 1. The third kappa shape index (κ3) is 2.63. The molecule has 1 unspecified atom stereocenters. The van der Waals surface area contributed by atoms with Crippen LogP contribution in [0.3, 0.4) is 0 Å². The molecule has 0 saturated heterocycles. The zero-order valence-corrected chi connectivity index (χ0v) is 11.2. The van der Waals surface area contributed by atoms with E-state index in [1.54, 1.807) is 0 Å². The summed E-state index contributed by atoms with van der Waals surface area (Å²) in [7, 11) is 2.24. The van der Waals surface area contributed by atoms with Crippen molar-refractivity contribution in [2.45, 2.75) is 44.6 Å². The number of anilines is 1. The SMILES string of the molecule is CCC(C)N(C)CC1(c2ccc(N)cc2)CC1. The Morgan fingerprint density at radius 2 is 1.88 bits per heavy atom. The van der Waals surface area contributed by atoms with Crippen LogP contribution in [-0.2, 0) is 5.41 Å². The van der Waals surface area contributed by atoms with Gasteiger partial charge in [0.1, 0.15) is 0 Å². The highest BCUT2D eigenvalue weighted by Gasteiger charge is 2.45. The molecule has 0 spiro atoms. The molecule has 1 fully saturated rings. The normalized spacial score (nSPS) is 19.3. The lowest BCUT2D eigenvalue weighted by Crippen LogP contribution is -2.35. The number of nitrogens with two attached hydrogens (primary N) is 1. The molecule has 17 heavy (non-hydrogen) atoms. The van der Waals surface area contributed by atoms with E-state index in [4.69, 9.17) is 5.73 Å². The lowest BCUT2D eigenvalue weighted by Gasteiger charge is -2.28. The van der Waals surface area contributed by atoms with Crippen LogP contribution in [0, 0.1) is 0 Å². The van der Waals surface area contributed by atoms with Crippen LogP contribution in [0.15, 0.2) is 24.3 Å². The Labute approximate surface area is 105 Å². The summed E-state index contributed by atoms with van der Waals surface area (Å²) < 4.78 is 0. The summed E-state index contributed by atoms with van der Waals surface area (Å²) >= 11 is 0. The number of nitrogens with zero attached hydrogens (tertiary/aromatic N) is 1. The van der Waals surface area contributed by atoms with Gasteiger partial charge in [-0.05, 0) is 50.9 Å². The first-order valence-electron chi connectivity index (χ1n) is 6.64. The highest BCUT2D eigenvalue weighted by atomic mass is 15.1. The number of nitrogen functional groups attached to an aromatic ring is 1. The second-order valence-corrected chi connectivity index (χ2v) is 5.57. The first-order chi connectivity index (χ1) is 8.07. The highest BCUT2D eigenvalue weighted by Crippen LogP contribution is 2.48. The standard InChI is InChI=1S/C15H24N2/c1-4-12(2)17(3)11-15(9-10-15)13-5-7-14(16)8-6-13/h5-8,12H,4,9-11,16H2,1-3H3. The Bertz CT molecular complexity index is 365. The van der Waals surface area contributed by atoms with Crippen molar-refractivity contribution >= 4 is 5.69 Å². The summed E-state index contributed by atoms with van der Waals surface area (Å²) in [5.74, 6) is 0. The molecule has 1 atom stereocenters. The largest absolute Gasteiger partial charge is 0.399 e. The van der Waals surface area contributed by atoms with E-state index in [9.17, 15) is 0 Å². The molecule has 1 aliphatic carbocycles. The molecule has 0 bridgehead atoms. The van der Waals surface area contributed by atoms with Crippen molar-refractivity contribution in [3.8, 4) is 0 Å². The molecule has 1 aromatic rings. The number of likely N-dealkylation sites (N-methyl/N-ethyl adjacent to an activating group) is 1. The van der Waals surface area contributed by atoms with E-state index in [1.807, 2.05) is 12.1 Å². The Morgan fingerprint density at radius 1 is 1.29 bits per heavy atom. The van der Waals surface area contributed by atoms with Crippen LogP contribution >= 0.6 is 0 Å². The molecule has 2 heteroatoms. The average Bonchev–Trinajstić information content (AvgIpc) is 3.09. The van der Waals surface area contributed by atoms with Crippen molar-refractivity contribution in [2.24, 2.45) is 0 Å². The van der Waals surface area contributed by atoms with Crippen molar-refractivity contribution in [1.29, 1.82) is 0 Å². The highest BCUT2D eigenvalue weighted by molar-refractivity contribution is 5.43. The van der Waals surface area contributed by atoms with E-state index < -0.39 is 0 Å². The third-order valence-corrected chi connectivity index (χ3v) is 4.27. The summed E-state index contributed by atoms with van der Waals surface area (Å²) in [6.07, 6.45) is 3.85. The first-order valence-corrected chi connectivity index (χ1v) is 6.64. The van der Waals surface area contributed by atoms with Crippen molar-refractivity contribution in [3.05, 3.63) is 29.8 Å². The fraction of sp³-hybridized carbons (Fsp3) is 0.600. The summed E-state index contributed by atoms with van der Waals surface area (Å²) in [5, 5.41) is 0. The van der Waals surface area contributed by atoms with Gasteiger partial charge in [-0.3, -0.25) is 0 Å². The van der Waals surface area contributed by atoms with Crippen molar-refractivity contribution in [3.63, 3.8) is 0 Å². The Morgan fingerprint density at radius 3 is 2.35 bits per heavy atom. The van der Waals surface area contributed by atoms with Gasteiger partial charge in [-0.15, -0.1) is 0 Å². The van der Waals surface area contributed by atoms with Crippen LogP contribution in [0.4, 0.5) is 5.69 Å². The molecular formula is C15H24N2. The molecule has 2 N–H and O–H groups in total. The minimum atomic E-state index is 0.409. The van der Waals surface area contributed by atoms with Gasteiger partial charge in [-0.1, -0.05) is 19.1 Å². The van der Waals surface area contributed by atoms with Crippen LogP contribution in [0.1, 0.15) is 38.7 Å². The predicted molar refractivity (Wildman–Crippen MR) is 74.1 cm³/mol. The van der Waals surface area contributed by atoms with Gasteiger partial charge < -0.3 is 10.6 Å². The molecule has 1 saturated carbocycles. The second kappa shape index (κ2) is 4.69. The lowest BCUT2D eigenvalue weighted by atomic mass is 9.94. The molecule has 2 nitrogen and oxygen atoms in total. The van der Waals surface area contributed by atoms with Gasteiger partial charge >= 0.3 is 0 Å². The molecule has 0 amide bonds. The van der Waals surface area contributed by atoms with Gasteiger partial charge in [-0.2, -0.15) is 0 Å². The van der Waals surface area contributed by atoms with Gasteiger partial charge in [0.05, 0.1) is 0 Å². The van der Waals surface area contributed by atoms with Crippen LogP contribution in [-0.4, -0.2) is 24.5 Å². The number of rotatable bonds is 5. The van der Waals surface area contributed by atoms with Crippen LogP contribution in [0.5, 0.6) is 0 Å². The van der Waals surface area contributed by atoms with Gasteiger partial charge in [0.15, 0.2) is 0 Å². The van der Waals surface area contributed by atoms with Gasteiger partial charge in [0, 0.05) is 23.7 Å². The quantitative estimate of drug-likeness (QED) is 0.791. The van der Waals surface area contributed by atoms with Crippen LogP contribution in [0.25, 0.3) is 0 Å². The monoisotopic (exact) mass is 232 g/mol. The molecular weight excluding hydrogens is 208 g/mol. The zero-order chi connectivity index (χ0) is 12.5. The predicted octanol–water partition coefficient (Wildman–Crippen LogP) is 3.03. The molecule has 0 aliphatic heterocycles. The molecule has 0 radical (unpaired) electrons. The van der Waals surface area contributed by atoms with Gasteiger partial charge in [0.25, 0.3) is 0 Å². The third-order valence-electron chi connectivity index (χ3n) is 4.27. The lowest BCUT2D eigenvalue weighted by molar-refractivity contribution is 0.230. The van der Waals surface area contributed by atoms with Crippen molar-refractivity contribution < 1.29 is 0 Å². The minimum Gasteiger partial charge on any atom is -0.399 e. The van der Waals surface area contributed by atoms with E-state index in [0.717, 1.165) is 5.69 Å². The molecule has 94 valence electrons. The van der Waals surface area contributed by atoms with E-state index in [1.165, 1.54) is 31.4 Å². The number of benzene rings is 1. The Hall–Kier alpha value is -1.02. The molecule has 0 heterocycles. The molecule has 1 aromatic carbocycles. The topological polar surface area (TPSA) is 29.3 Å². The summed E-state index contributed by atoms with van der Waals surface area (Å²) in [6.45, 7) is 5.73. The Kier molecular flexibility index (Phi) is 3.43. The van der Waals surface area contributed by atoms with Crippen LogP contribution < -0.4 is 5.73 Å². The van der Waals surface area contributed by atoms with E-state index in [2.05, 4.69) is 37.9 Å². The second-order valence-electron chi connectivity index (χ2n) is 5.57. The molecule has 0 aromatic heterocycles. The van der Waals surface area contributed by atoms with E-state index in [0.29, 0.717) is 11.5 Å². The summed E-state index contributed by atoms with van der Waals surface area (Å²) in [4.78, 5) is 2.49. The fourth-order valence-electron chi connectivity index (χ4n) is 2.47. The average molecular weight is 232 g/mol. The van der Waals surface area contributed by atoms with Crippen molar-refractivity contribution in [1.82, 2.24) is 4.90 Å². The van der Waals surface area contributed by atoms with Gasteiger partial charge in [0.2, 0.25) is 0 Å².